The summed E-state index contributed by atoms with van der Waals surface area (Å²) in [5.74, 6) is 0.0468. The molecule has 0 aromatic carbocycles. The van der Waals surface area contributed by atoms with Crippen LogP contribution in [0.5, 0.6) is 0 Å². The molecule has 1 fully saturated rings. The molecular formula is C17H24BrN3O3. The van der Waals surface area contributed by atoms with Gasteiger partial charge in [0, 0.05) is 42.5 Å². The van der Waals surface area contributed by atoms with E-state index in [9.17, 15) is 9.59 Å². The predicted molar refractivity (Wildman–Crippen MR) is 94.6 cm³/mol. The van der Waals surface area contributed by atoms with Gasteiger partial charge in [-0.1, -0.05) is 0 Å². The SMILES string of the molecule is C[C@H]1CN(C(=O)Cc2cncc(Br)c2)CCN1C(=O)OC(C)(C)C. The fourth-order valence-corrected chi connectivity index (χ4v) is 3.03. The molecule has 1 aromatic heterocycles. The molecule has 1 atom stereocenters. The summed E-state index contributed by atoms with van der Waals surface area (Å²) in [6.45, 7) is 9.00. The Morgan fingerprint density at radius 2 is 2.04 bits per heavy atom. The summed E-state index contributed by atoms with van der Waals surface area (Å²) in [7, 11) is 0. The van der Waals surface area contributed by atoms with Gasteiger partial charge in [-0.25, -0.2) is 4.79 Å². The van der Waals surface area contributed by atoms with Crippen molar-refractivity contribution in [1.82, 2.24) is 14.8 Å². The monoisotopic (exact) mass is 397 g/mol. The van der Waals surface area contributed by atoms with E-state index in [1.165, 1.54) is 0 Å². The maximum absolute atomic E-state index is 12.5. The number of hydrogen-bond acceptors (Lipinski definition) is 4. The number of ether oxygens (including phenoxy) is 1. The number of pyridine rings is 1. The lowest BCUT2D eigenvalue weighted by molar-refractivity contribution is -0.133. The highest BCUT2D eigenvalue weighted by atomic mass is 79.9. The zero-order valence-electron chi connectivity index (χ0n) is 14.6. The van der Waals surface area contributed by atoms with E-state index in [0.29, 0.717) is 26.1 Å². The molecule has 0 aliphatic carbocycles. The van der Waals surface area contributed by atoms with Crippen molar-refractivity contribution in [3.8, 4) is 0 Å². The number of aromatic nitrogens is 1. The predicted octanol–water partition coefficient (Wildman–Crippen LogP) is 2.85. The van der Waals surface area contributed by atoms with Crippen molar-refractivity contribution in [3.05, 3.63) is 28.5 Å². The van der Waals surface area contributed by atoms with Crippen molar-refractivity contribution < 1.29 is 14.3 Å². The van der Waals surface area contributed by atoms with Crippen molar-refractivity contribution in [2.24, 2.45) is 0 Å². The van der Waals surface area contributed by atoms with Crippen LogP contribution in [-0.2, 0) is 16.0 Å². The number of rotatable bonds is 2. The standard InChI is InChI=1S/C17H24BrN3O3/c1-12-11-20(5-6-21(12)16(23)24-17(2,3)4)15(22)8-13-7-14(18)10-19-9-13/h7,9-10,12H,5-6,8,11H2,1-4H3/t12-/m0/s1. The maximum atomic E-state index is 12.5. The van der Waals surface area contributed by atoms with Crippen molar-refractivity contribution in [2.45, 2.75) is 45.8 Å². The number of halogens is 1. The van der Waals surface area contributed by atoms with Crippen LogP contribution in [0.15, 0.2) is 22.9 Å². The van der Waals surface area contributed by atoms with Crippen LogP contribution in [0.3, 0.4) is 0 Å². The molecule has 0 N–H and O–H groups in total. The number of amides is 2. The Kier molecular flexibility index (Phi) is 5.85. The Labute approximate surface area is 151 Å². The first-order chi connectivity index (χ1) is 11.2. The van der Waals surface area contributed by atoms with Crippen LogP contribution in [0.1, 0.15) is 33.3 Å². The first-order valence-electron chi connectivity index (χ1n) is 8.02. The summed E-state index contributed by atoms with van der Waals surface area (Å²) in [6.07, 6.45) is 3.38. The van der Waals surface area contributed by atoms with Gasteiger partial charge in [-0.15, -0.1) is 0 Å². The summed E-state index contributed by atoms with van der Waals surface area (Å²) in [6, 6.07) is 1.82. The van der Waals surface area contributed by atoms with Crippen LogP contribution < -0.4 is 0 Å². The molecule has 1 aliphatic rings. The molecule has 0 bridgehead atoms. The third kappa shape index (κ3) is 5.19. The van der Waals surface area contributed by atoms with Crippen LogP contribution in [0.25, 0.3) is 0 Å². The van der Waals surface area contributed by atoms with E-state index in [-0.39, 0.29) is 18.0 Å². The summed E-state index contributed by atoms with van der Waals surface area (Å²) in [5.41, 5.74) is 0.355. The highest BCUT2D eigenvalue weighted by Gasteiger charge is 2.32. The Balaban J connectivity index is 1.92. The van der Waals surface area contributed by atoms with Gasteiger partial charge in [0.15, 0.2) is 0 Å². The van der Waals surface area contributed by atoms with Crippen LogP contribution >= 0.6 is 15.9 Å². The maximum Gasteiger partial charge on any atom is 0.410 e. The summed E-state index contributed by atoms with van der Waals surface area (Å²) < 4.78 is 6.28. The van der Waals surface area contributed by atoms with E-state index in [2.05, 4.69) is 20.9 Å². The van der Waals surface area contributed by atoms with Gasteiger partial charge in [-0.05, 0) is 55.3 Å². The van der Waals surface area contributed by atoms with Gasteiger partial charge >= 0.3 is 6.09 Å². The quantitative estimate of drug-likeness (QED) is 0.769. The molecule has 2 heterocycles. The van der Waals surface area contributed by atoms with Crippen LogP contribution in [-0.4, -0.2) is 58.1 Å². The molecule has 6 nitrogen and oxygen atoms in total. The highest BCUT2D eigenvalue weighted by molar-refractivity contribution is 9.10. The zero-order valence-corrected chi connectivity index (χ0v) is 16.2. The van der Waals surface area contributed by atoms with Crippen molar-refractivity contribution >= 4 is 27.9 Å². The first-order valence-corrected chi connectivity index (χ1v) is 8.82. The second-order valence-corrected chi connectivity index (χ2v) is 7.97. The second kappa shape index (κ2) is 7.51. The lowest BCUT2D eigenvalue weighted by Crippen LogP contribution is -2.56. The lowest BCUT2D eigenvalue weighted by Gasteiger charge is -2.40. The smallest absolute Gasteiger partial charge is 0.410 e. The van der Waals surface area contributed by atoms with Gasteiger partial charge in [-0.2, -0.15) is 0 Å². The minimum absolute atomic E-state index is 0.0468. The summed E-state index contributed by atoms with van der Waals surface area (Å²) in [4.78, 5) is 32.3. The number of piperazine rings is 1. The summed E-state index contributed by atoms with van der Waals surface area (Å²) >= 11 is 3.36. The molecule has 24 heavy (non-hydrogen) atoms. The van der Waals surface area contributed by atoms with E-state index in [1.807, 2.05) is 33.8 Å². The molecule has 0 saturated carbocycles. The van der Waals surface area contributed by atoms with E-state index < -0.39 is 5.60 Å². The molecule has 2 rings (SSSR count). The third-order valence-corrected chi connectivity index (χ3v) is 4.16. The van der Waals surface area contributed by atoms with Crippen LogP contribution in [0.2, 0.25) is 0 Å². The van der Waals surface area contributed by atoms with Crippen LogP contribution in [0.4, 0.5) is 4.79 Å². The molecule has 1 saturated heterocycles. The van der Waals surface area contributed by atoms with Gasteiger partial charge in [0.2, 0.25) is 5.91 Å². The second-order valence-electron chi connectivity index (χ2n) is 7.05. The average molecular weight is 398 g/mol. The van der Waals surface area contributed by atoms with E-state index in [4.69, 9.17) is 4.74 Å². The largest absolute Gasteiger partial charge is 0.444 e. The van der Waals surface area contributed by atoms with Gasteiger partial charge in [0.25, 0.3) is 0 Å². The molecule has 1 aromatic rings. The lowest BCUT2D eigenvalue weighted by atomic mass is 10.1. The van der Waals surface area contributed by atoms with E-state index in [0.717, 1.165) is 10.0 Å². The molecule has 1 aliphatic heterocycles. The Bertz CT molecular complexity index is 615. The Morgan fingerprint density at radius 3 is 2.62 bits per heavy atom. The normalized spacial score (nSPS) is 18.5. The Hall–Kier alpha value is -1.63. The fourth-order valence-electron chi connectivity index (χ4n) is 2.61. The van der Waals surface area contributed by atoms with Gasteiger partial charge < -0.3 is 14.5 Å². The van der Waals surface area contributed by atoms with Gasteiger partial charge in [0.1, 0.15) is 5.60 Å². The molecule has 0 unspecified atom stereocenters. The van der Waals surface area contributed by atoms with E-state index >= 15 is 0 Å². The minimum atomic E-state index is -0.516. The Morgan fingerprint density at radius 1 is 1.33 bits per heavy atom. The number of hydrogen-bond donors (Lipinski definition) is 0. The van der Waals surface area contributed by atoms with Gasteiger partial charge in [0.05, 0.1) is 6.42 Å². The molecule has 0 radical (unpaired) electrons. The average Bonchev–Trinajstić information content (AvgIpc) is 2.45. The number of carbonyl (C=O) groups is 2. The molecular weight excluding hydrogens is 374 g/mol. The molecule has 2 amide bonds. The third-order valence-electron chi connectivity index (χ3n) is 3.73. The molecule has 7 heteroatoms. The van der Waals surface area contributed by atoms with Crippen LogP contribution in [0, 0.1) is 0 Å². The highest BCUT2D eigenvalue weighted by Crippen LogP contribution is 2.17. The van der Waals surface area contributed by atoms with Crippen molar-refractivity contribution in [2.75, 3.05) is 19.6 Å². The fraction of sp³-hybridized carbons (Fsp3) is 0.588. The van der Waals surface area contributed by atoms with Gasteiger partial charge in [-0.3, -0.25) is 9.78 Å². The van der Waals surface area contributed by atoms with Crippen molar-refractivity contribution in [1.29, 1.82) is 0 Å². The minimum Gasteiger partial charge on any atom is -0.444 e. The molecule has 0 spiro atoms. The van der Waals surface area contributed by atoms with Crippen molar-refractivity contribution in [3.63, 3.8) is 0 Å². The zero-order chi connectivity index (χ0) is 17.9. The summed E-state index contributed by atoms with van der Waals surface area (Å²) in [5, 5.41) is 0. The number of carbonyl (C=O) groups excluding carboxylic acids is 2. The van der Waals surface area contributed by atoms with E-state index in [1.54, 1.807) is 22.2 Å². The molecule has 132 valence electrons. The number of nitrogens with zero attached hydrogens (tertiary/aromatic N) is 3. The topological polar surface area (TPSA) is 62.7 Å². The first kappa shape index (κ1) is 18.7.